The molecule has 0 fully saturated rings. The Bertz CT molecular complexity index is 3530. The summed E-state index contributed by atoms with van der Waals surface area (Å²) in [7, 11) is 0. The summed E-state index contributed by atoms with van der Waals surface area (Å²) in [6.45, 7) is 0. The number of thiophene rings is 1. The van der Waals surface area contributed by atoms with E-state index in [0.717, 1.165) is 66.0 Å². The van der Waals surface area contributed by atoms with E-state index in [-0.39, 0.29) is 0 Å². The van der Waals surface area contributed by atoms with Gasteiger partial charge in [0.1, 0.15) is 5.58 Å². The molecule has 0 amide bonds. The number of hydrogen-bond donors (Lipinski definition) is 0. The summed E-state index contributed by atoms with van der Waals surface area (Å²) in [4.78, 5) is 20.0. The summed E-state index contributed by atoms with van der Waals surface area (Å²) in [6, 6.07) is 57.7. The summed E-state index contributed by atoms with van der Waals surface area (Å²) >= 11 is 1.80. The fraction of sp³-hybridized carbons (Fsp3) is 0. The zero-order valence-corrected chi connectivity index (χ0v) is 31.1. The fourth-order valence-electron chi connectivity index (χ4n) is 8.21. The molecule has 0 atom stereocenters. The molecule has 5 heterocycles. The number of fused-ring (bicyclic) bond motifs is 9. The molecule has 0 saturated heterocycles. The smallest absolute Gasteiger partial charge is 0.238 e. The number of nitrogens with zero attached hydrogens (tertiary/aromatic N) is 5. The maximum Gasteiger partial charge on any atom is 0.238 e. The van der Waals surface area contributed by atoms with Crippen LogP contribution in [-0.2, 0) is 0 Å². The quantitative estimate of drug-likeness (QED) is 0.175. The van der Waals surface area contributed by atoms with Crippen molar-refractivity contribution in [2.45, 2.75) is 0 Å². The molecule has 6 nitrogen and oxygen atoms in total. The first-order chi connectivity index (χ1) is 28.2. The number of rotatable bonds is 5. The van der Waals surface area contributed by atoms with Crippen LogP contribution in [-0.4, -0.2) is 24.5 Å². The van der Waals surface area contributed by atoms with Gasteiger partial charge in [0.2, 0.25) is 5.95 Å². The fourth-order valence-corrected chi connectivity index (χ4v) is 9.30. The Morgan fingerprint density at radius 3 is 1.88 bits per heavy atom. The third-order valence-corrected chi connectivity index (χ3v) is 12.1. The van der Waals surface area contributed by atoms with E-state index in [1.54, 1.807) is 23.7 Å². The van der Waals surface area contributed by atoms with Crippen molar-refractivity contribution < 1.29 is 4.42 Å². The van der Waals surface area contributed by atoms with Crippen LogP contribution in [0.25, 0.3) is 115 Å². The van der Waals surface area contributed by atoms with E-state index in [2.05, 4.69) is 155 Å². The maximum atomic E-state index is 6.27. The zero-order valence-electron chi connectivity index (χ0n) is 30.3. The Labute approximate surface area is 330 Å². The molecule has 266 valence electrons. The van der Waals surface area contributed by atoms with Crippen molar-refractivity contribution in [3.63, 3.8) is 0 Å². The molecule has 0 N–H and O–H groups in total. The van der Waals surface area contributed by atoms with Crippen LogP contribution in [0.2, 0.25) is 0 Å². The highest BCUT2D eigenvalue weighted by Gasteiger charge is 2.20. The summed E-state index contributed by atoms with van der Waals surface area (Å²) in [5, 5.41) is 6.72. The highest BCUT2D eigenvalue weighted by Crippen LogP contribution is 2.39. The van der Waals surface area contributed by atoms with Crippen molar-refractivity contribution in [1.29, 1.82) is 0 Å². The van der Waals surface area contributed by atoms with E-state index < -0.39 is 0 Å². The van der Waals surface area contributed by atoms with Crippen LogP contribution in [0.1, 0.15) is 0 Å². The van der Waals surface area contributed by atoms with Gasteiger partial charge >= 0.3 is 0 Å². The second-order valence-corrected chi connectivity index (χ2v) is 15.4. The van der Waals surface area contributed by atoms with Crippen LogP contribution in [0.3, 0.4) is 0 Å². The predicted octanol–water partition coefficient (Wildman–Crippen LogP) is 13.3. The second-order valence-electron chi connectivity index (χ2n) is 14.3. The molecule has 57 heavy (non-hydrogen) atoms. The lowest BCUT2D eigenvalue weighted by Gasteiger charge is -2.11. The van der Waals surface area contributed by atoms with E-state index in [4.69, 9.17) is 19.4 Å². The maximum absolute atomic E-state index is 6.27. The van der Waals surface area contributed by atoms with Gasteiger partial charge in [-0.15, -0.1) is 11.3 Å². The minimum Gasteiger partial charge on any atom is -0.454 e. The Hall–Kier alpha value is -7.48. The van der Waals surface area contributed by atoms with Crippen LogP contribution < -0.4 is 0 Å². The lowest BCUT2D eigenvalue weighted by Crippen LogP contribution is -2.06. The first-order valence-corrected chi connectivity index (χ1v) is 19.7. The topological polar surface area (TPSA) is 69.6 Å². The molecule has 0 bridgehead atoms. The van der Waals surface area contributed by atoms with Gasteiger partial charge in [0.15, 0.2) is 17.2 Å². The monoisotopic (exact) mass is 747 g/mol. The molecule has 0 unspecified atom stereocenters. The van der Waals surface area contributed by atoms with Gasteiger partial charge in [-0.2, -0.15) is 9.97 Å². The predicted molar refractivity (Wildman–Crippen MR) is 234 cm³/mol. The normalized spacial score (nSPS) is 11.9. The molecule has 7 aromatic carbocycles. The number of furan rings is 1. The number of para-hydroxylation sites is 1. The molecule has 0 spiro atoms. The molecule has 12 rings (SSSR count). The van der Waals surface area contributed by atoms with Gasteiger partial charge in [0, 0.05) is 59.0 Å². The van der Waals surface area contributed by atoms with Crippen molar-refractivity contribution in [3.05, 3.63) is 176 Å². The largest absolute Gasteiger partial charge is 0.454 e. The third kappa shape index (κ3) is 5.17. The molecule has 0 aliphatic rings. The summed E-state index contributed by atoms with van der Waals surface area (Å²) in [5.74, 6) is 1.71. The number of hydrogen-bond acceptors (Lipinski definition) is 6. The molecule has 12 aromatic rings. The zero-order chi connectivity index (χ0) is 37.5. The van der Waals surface area contributed by atoms with Crippen LogP contribution in [0, 0.1) is 0 Å². The van der Waals surface area contributed by atoms with Gasteiger partial charge in [0.25, 0.3) is 0 Å². The molecule has 5 aromatic heterocycles. The Morgan fingerprint density at radius 1 is 0.404 bits per heavy atom. The van der Waals surface area contributed by atoms with E-state index in [1.165, 1.54) is 31.3 Å². The van der Waals surface area contributed by atoms with E-state index in [0.29, 0.717) is 17.6 Å². The average Bonchev–Trinajstić information content (AvgIpc) is 3.95. The van der Waals surface area contributed by atoms with Gasteiger partial charge in [-0.25, -0.2) is 4.98 Å². The van der Waals surface area contributed by atoms with Crippen molar-refractivity contribution >= 4 is 75.3 Å². The molecular formula is C50H29N5OS. The van der Waals surface area contributed by atoms with Crippen LogP contribution in [0.15, 0.2) is 181 Å². The molecule has 0 saturated carbocycles. The van der Waals surface area contributed by atoms with E-state index in [1.807, 2.05) is 18.2 Å². The van der Waals surface area contributed by atoms with Gasteiger partial charge in [0.05, 0.1) is 17.2 Å². The second kappa shape index (κ2) is 12.5. The molecule has 0 aliphatic heterocycles. The van der Waals surface area contributed by atoms with Gasteiger partial charge < -0.3 is 4.42 Å². The van der Waals surface area contributed by atoms with Crippen molar-refractivity contribution in [2.24, 2.45) is 0 Å². The minimum absolute atomic E-state index is 0.547. The lowest BCUT2D eigenvalue weighted by molar-refractivity contribution is 0.667. The molecular weight excluding hydrogens is 719 g/mol. The standard InChI is InChI=1S/C50H29N5OS/c1-2-8-30(9-3-1)31-14-16-32(17-15-31)33-19-22-43-40(26-33)36-10-4-6-12-42(36)55(43)50-53-48(34-20-23-47-41(27-34)39-11-5-7-13-46(39)57-47)52-49(54-50)35-18-21-37-38-24-25-51-29-45(38)56-44(37)28-35/h1-29H. The minimum atomic E-state index is 0.547. The number of benzene rings is 7. The highest BCUT2D eigenvalue weighted by atomic mass is 32.1. The Morgan fingerprint density at radius 2 is 1.02 bits per heavy atom. The Balaban J connectivity index is 1.06. The van der Waals surface area contributed by atoms with Crippen LogP contribution >= 0.6 is 11.3 Å². The summed E-state index contributed by atoms with van der Waals surface area (Å²) in [6.07, 6.45) is 3.55. The molecule has 0 aliphatic carbocycles. The summed E-state index contributed by atoms with van der Waals surface area (Å²) in [5.41, 5.74) is 10.0. The van der Waals surface area contributed by atoms with Crippen molar-refractivity contribution in [2.75, 3.05) is 0 Å². The SMILES string of the molecule is c1ccc(-c2ccc(-c3ccc4c(c3)c3ccccc3n4-c3nc(-c4ccc5c(c4)oc4cnccc45)nc(-c4ccc5sc6ccccc6c5c4)n3)cc2)cc1. The lowest BCUT2D eigenvalue weighted by atomic mass is 9.99. The van der Waals surface area contributed by atoms with Gasteiger partial charge in [-0.05, 0) is 82.9 Å². The molecule has 7 heteroatoms. The first kappa shape index (κ1) is 31.8. The summed E-state index contributed by atoms with van der Waals surface area (Å²) < 4.78 is 10.9. The van der Waals surface area contributed by atoms with Gasteiger partial charge in [-0.3, -0.25) is 9.55 Å². The van der Waals surface area contributed by atoms with E-state index in [9.17, 15) is 0 Å². The van der Waals surface area contributed by atoms with Crippen LogP contribution in [0.5, 0.6) is 0 Å². The first-order valence-electron chi connectivity index (χ1n) is 18.9. The number of aromatic nitrogens is 5. The third-order valence-electron chi connectivity index (χ3n) is 11.0. The van der Waals surface area contributed by atoms with Crippen molar-refractivity contribution in [1.82, 2.24) is 24.5 Å². The molecule has 0 radical (unpaired) electrons. The average molecular weight is 748 g/mol. The highest BCUT2D eigenvalue weighted by molar-refractivity contribution is 7.25. The van der Waals surface area contributed by atoms with Crippen molar-refractivity contribution in [3.8, 4) is 51.0 Å². The Kier molecular flexibility index (Phi) is 7.00. The van der Waals surface area contributed by atoms with E-state index >= 15 is 0 Å². The van der Waals surface area contributed by atoms with Crippen LogP contribution in [0.4, 0.5) is 0 Å². The number of pyridine rings is 1. The van der Waals surface area contributed by atoms with Gasteiger partial charge in [-0.1, -0.05) is 103 Å².